The SMILES string of the molecule is Cl.Cl.NCCc1nc2ccccc2n1CCC1CC1. The molecule has 0 atom stereocenters. The minimum absolute atomic E-state index is 0. The lowest BCUT2D eigenvalue weighted by Crippen LogP contribution is -2.10. The van der Waals surface area contributed by atoms with E-state index < -0.39 is 0 Å². The summed E-state index contributed by atoms with van der Waals surface area (Å²) >= 11 is 0. The van der Waals surface area contributed by atoms with Gasteiger partial charge in [0.2, 0.25) is 0 Å². The monoisotopic (exact) mass is 301 g/mol. The van der Waals surface area contributed by atoms with E-state index in [1.165, 1.54) is 24.8 Å². The molecular formula is C14H21Cl2N3. The lowest BCUT2D eigenvalue weighted by Gasteiger charge is -2.07. The fourth-order valence-electron chi connectivity index (χ4n) is 2.41. The Kier molecular flexibility index (Phi) is 6.11. The van der Waals surface area contributed by atoms with Gasteiger partial charge in [-0.1, -0.05) is 25.0 Å². The molecule has 0 unspecified atom stereocenters. The van der Waals surface area contributed by atoms with E-state index in [0.29, 0.717) is 6.54 Å². The van der Waals surface area contributed by atoms with Crippen LogP contribution in [0.15, 0.2) is 24.3 Å². The number of aromatic nitrogens is 2. The first-order chi connectivity index (χ1) is 8.38. The van der Waals surface area contributed by atoms with Crippen LogP contribution in [0, 0.1) is 5.92 Å². The Bertz CT molecular complexity index is 520. The predicted octanol–water partition coefficient (Wildman–Crippen LogP) is 3.18. The maximum atomic E-state index is 5.67. The van der Waals surface area contributed by atoms with Crippen molar-refractivity contribution in [3.05, 3.63) is 30.1 Å². The number of nitrogens with zero attached hydrogens (tertiary/aromatic N) is 2. The van der Waals surface area contributed by atoms with E-state index >= 15 is 0 Å². The number of fused-ring (bicyclic) bond motifs is 1. The van der Waals surface area contributed by atoms with E-state index in [9.17, 15) is 0 Å². The summed E-state index contributed by atoms with van der Waals surface area (Å²) in [7, 11) is 0. The zero-order valence-electron chi connectivity index (χ0n) is 10.9. The summed E-state index contributed by atoms with van der Waals surface area (Å²) < 4.78 is 2.36. The topological polar surface area (TPSA) is 43.8 Å². The first kappa shape index (κ1) is 16.3. The first-order valence-corrected chi connectivity index (χ1v) is 6.52. The van der Waals surface area contributed by atoms with Crippen LogP contribution in [0.1, 0.15) is 25.1 Å². The van der Waals surface area contributed by atoms with Gasteiger partial charge >= 0.3 is 0 Å². The van der Waals surface area contributed by atoms with E-state index in [1.807, 2.05) is 6.07 Å². The molecule has 19 heavy (non-hydrogen) atoms. The van der Waals surface area contributed by atoms with Gasteiger partial charge in [0.05, 0.1) is 11.0 Å². The van der Waals surface area contributed by atoms with Gasteiger partial charge in [0.25, 0.3) is 0 Å². The van der Waals surface area contributed by atoms with Gasteiger partial charge in [-0.05, 0) is 31.0 Å². The van der Waals surface area contributed by atoms with Gasteiger partial charge in [-0.2, -0.15) is 0 Å². The van der Waals surface area contributed by atoms with Gasteiger partial charge in [-0.15, -0.1) is 24.8 Å². The molecule has 0 aliphatic heterocycles. The van der Waals surface area contributed by atoms with Crippen LogP contribution in [-0.4, -0.2) is 16.1 Å². The lowest BCUT2D eigenvalue weighted by atomic mass is 10.2. The molecule has 1 heterocycles. The smallest absolute Gasteiger partial charge is 0.111 e. The van der Waals surface area contributed by atoms with Crippen LogP contribution in [0.3, 0.4) is 0 Å². The first-order valence-electron chi connectivity index (χ1n) is 6.52. The van der Waals surface area contributed by atoms with Gasteiger partial charge in [-0.3, -0.25) is 0 Å². The average molecular weight is 302 g/mol. The highest BCUT2D eigenvalue weighted by atomic mass is 35.5. The van der Waals surface area contributed by atoms with Gasteiger partial charge < -0.3 is 10.3 Å². The van der Waals surface area contributed by atoms with E-state index in [-0.39, 0.29) is 24.8 Å². The Morgan fingerprint density at radius 3 is 2.63 bits per heavy atom. The van der Waals surface area contributed by atoms with Crippen LogP contribution in [0.25, 0.3) is 11.0 Å². The normalized spacial score (nSPS) is 13.9. The molecule has 1 aromatic heterocycles. The standard InChI is InChI=1S/C14H19N3.2ClH/c15-9-7-14-16-12-3-1-2-4-13(12)17(14)10-8-11-5-6-11;;/h1-4,11H,5-10,15H2;2*1H. The van der Waals surface area contributed by atoms with Crippen molar-refractivity contribution in [2.24, 2.45) is 11.7 Å². The maximum Gasteiger partial charge on any atom is 0.111 e. The third-order valence-electron chi connectivity index (χ3n) is 3.56. The van der Waals surface area contributed by atoms with Crippen LogP contribution < -0.4 is 5.73 Å². The zero-order chi connectivity index (χ0) is 11.7. The lowest BCUT2D eigenvalue weighted by molar-refractivity contribution is 0.585. The highest BCUT2D eigenvalue weighted by Crippen LogP contribution is 2.33. The molecular weight excluding hydrogens is 281 g/mol. The number of halogens is 2. The quantitative estimate of drug-likeness (QED) is 0.922. The third kappa shape index (κ3) is 3.62. The number of imidazole rings is 1. The van der Waals surface area contributed by atoms with Crippen molar-refractivity contribution < 1.29 is 0 Å². The van der Waals surface area contributed by atoms with Gasteiger partial charge in [0.1, 0.15) is 5.82 Å². The van der Waals surface area contributed by atoms with Crippen LogP contribution in [0.4, 0.5) is 0 Å². The summed E-state index contributed by atoms with van der Waals surface area (Å²) in [6, 6.07) is 8.38. The van der Waals surface area contributed by atoms with Crippen LogP contribution in [-0.2, 0) is 13.0 Å². The molecule has 5 heteroatoms. The molecule has 1 saturated carbocycles. The number of aryl methyl sites for hydroxylation is 1. The molecule has 2 aromatic rings. The van der Waals surface area contributed by atoms with Crippen molar-refractivity contribution in [3.8, 4) is 0 Å². The van der Waals surface area contributed by atoms with Crippen molar-refractivity contribution in [2.75, 3.05) is 6.54 Å². The number of benzene rings is 1. The van der Waals surface area contributed by atoms with E-state index in [4.69, 9.17) is 5.73 Å². The van der Waals surface area contributed by atoms with Crippen molar-refractivity contribution in [1.29, 1.82) is 0 Å². The summed E-state index contributed by atoms with van der Waals surface area (Å²) in [6.07, 6.45) is 5.00. The predicted molar refractivity (Wildman–Crippen MR) is 84.3 cm³/mol. The highest BCUT2D eigenvalue weighted by molar-refractivity contribution is 5.85. The number of rotatable bonds is 5. The Morgan fingerprint density at radius 2 is 1.95 bits per heavy atom. The van der Waals surface area contributed by atoms with Crippen molar-refractivity contribution in [1.82, 2.24) is 9.55 Å². The number of para-hydroxylation sites is 2. The minimum atomic E-state index is 0. The number of hydrogen-bond donors (Lipinski definition) is 1. The van der Waals surface area contributed by atoms with Crippen molar-refractivity contribution in [2.45, 2.75) is 32.2 Å². The van der Waals surface area contributed by atoms with Crippen LogP contribution in [0.2, 0.25) is 0 Å². The van der Waals surface area contributed by atoms with Gasteiger partial charge in [0.15, 0.2) is 0 Å². The molecule has 0 radical (unpaired) electrons. The molecule has 1 aliphatic rings. The molecule has 0 bridgehead atoms. The largest absolute Gasteiger partial charge is 0.330 e. The Balaban J connectivity index is 0.000000902. The van der Waals surface area contributed by atoms with E-state index in [2.05, 4.69) is 27.8 Å². The van der Waals surface area contributed by atoms with E-state index in [1.54, 1.807) is 0 Å². The second-order valence-corrected chi connectivity index (χ2v) is 4.94. The van der Waals surface area contributed by atoms with Gasteiger partial charge in [-0.25, -0.2) is 4.98 Å². The summed E-state index contributed by atoms with van der Waals surface area (Å²) in [5.74, 6) is 2.11. The minimum Gasteiger partial charge on any atom is -0.330 e. The molecule has 1 aliphatic carbocycles. The summed E-state index contributed by atoms with van der Waals surface area (Å²) in [5, 5.41) is 0. The van der Waals surface area contributed by atoms with Crippen LogP contribution in [0.5, 0.6) is 0 Å². The molecule has 0 spiro atoms. The zero-order valence-corrected chi connectivity index (χ0v) is 12.6. The van der Waals surface area contributed by atoms with Crippen LogP contribution >= 0.6 is 24.8 Å². The number of hydrogen-bond acceptors (Lipinski definition) is 2. The Morgan fingerprint density at radius 1 is 1.21 bits per heavy atom. The van der Waals surface area contributed by atoms with Crippen molar-refractivity contribution in [3.63, 3.8) is 0 Å². The third-order valence-corrected chi connectivity index (χ3v) is 3.56. The van der Waals surface area contributed by atoms with E-state index in [0.717, 1.165) is 30.2 Å². The molecule has 1 aromatic carbocycles. The highest BCUT2D eigenvalue weighted by Gasteiger charge is 2.21. The summed E-state index contributed by atoms with van der Waals surface area (Å²) in [6.45, 7) is 1.77. The molecule has 3 rings (SSSR count). The fraction of sp³-hybridized carbons (Fsp3) is 0.500. The molecule has 0 amide bonds. The molecule has 3 nitrogen and oxygen atoms in total. The number of nitrogens with two attached hydrogens (primary N) is 1. The Labute approximate surface area is 126 Å². The van der Waals surface area contributed by atoms with Gasteiger partial charge in [0, 0.05) is 13.0 Å². The van der Waals surface area contributed by atoms with Crippen molar-refractivity contribution >= 4 is 35.8 Å². The Hall–Kier alpha value is -0.770. The fourth-order valence-corrected chi connectivity index (χ4v) is 2.41. The summed E-state index contributed by atoms with van der Waals surface area (Å²) in [4.78, 5) is 4.68. The summed E-state index contributed by atoms with van der Waals surface area (Å²) in [5.41, 5.74) is 8.03. The molecule has 2 N–H and O–H groups in total. The molecule has 1 fully saturated rings. The second kappa shape index (κ2) is 7.13. The molecule has 106 valence electrons. The maximum absolute atomic E-state index is 5.67. The average Bonchev–Trinajstić information content (AvgIpc) is 3.10. The molecule has 0 saturated heterocycles. The second-order valence-electron chi connectivity index (χ2n) is 4.94.